The van der Waals surface area contributed by atoms with Crippen LogP contribution in [-0.2, 0) is 24.4 Å². The van der Waals surface area contributed by atoms with Gasteiger partial charge in [-0.3, -0.25) is 9.35 Å². The zero-order valence-electron chi connectivity index (χ0n) is 12.2. The van der Waals surface area contributed by atoms with Crippen molar-refractivity contribution in [3.05, 3.63) is 0 Å². The molecule has 21 heavy (non-hydrogen) atoms. The number of carbonyl (C=O) groups is 2. The van der Waals surface area contributed by atoms with Crippen LogP contribution in [-0.4, -0.2) is 37.6 Å². The first-order valence-corrected chi connectivity index (χ1v) is 9.07. The monoisotopic (exact) mass is 320 g/mol. The summed E-state index contributed by atoms with van der Waals surface area (Å²) < 4.78 is 34.1. The van der Waals surface area contributed by atoms with Crippen molar-refractivity contribution in [2.24, 2.45) is 11.8 Å². The van der Waals surface area contributed by atoms with Crippen LogP contribution in [0.1, 0.15) is 51.4 Å². The van der Waals surface area contributed by atoms with E-state index < -0.39 is 21.8 Å². The second-order valence-electron chi connectivity index (χ2n) is 5.68. The molecule has 0 spiro atoms. The molecule has 1 N–H and O–H groups in total. The summed E-state index contributed by atoms with van der Waals surface area (Å²) in [6.07, 6.45) is 8.27. The molecule has 1 atom stereocenters. The number of hydrogen-bond donors (Lipinski definition) is 1. The van der Waals surface area contributed by atoms with E-state index in [9.17, 15) is 18.0 Å². The molecule has 6 nitrogen and oxygen atoms in total. The minimum absolute atomic E-state index is 0.0988. The number of aldehydes is 1. The molecule has 7 heteroatoms. The first-order valence-electron chi connectivity index (χ1n) is 7.47. The van der Waals surface area contributed by atoms with Crippen molar-refractivity contribution < 1.29 is 27.3 Å². The van der Waals surface area contributed by atoms with Crippen LogP contribution >= 0.6 is 0 Å². The molecule has 1 unspecified atom stereocenters. The maximum absolute atomic E-state index is 11.4. The van der Waals surface area contributed by atoms with E-state index >= 15 is 0 Å². The Morgan fingerprint density at radius 1 is 1.29 bits per heavy atom. The minimum atomic E-state index is -4.11. The number of esters is 1. The van der Waals surface area contributed by atoms with E-state index in [4.69, 9.17) is 9.29 Å². The summed E-state index contributed by atoms with van der Waals surface area (Å²) in [7, 11) is -4.11. The SMILES string of the molecule is O=CC(CCC(=O)OCCS(=O)(=O)O)CC1CCCCC1. The Morgan fingerprint density at radius 2 is 1.95 bits per heavy atom. The van der Waals surface area contributed by atoms with E-state index in [-0.39, 0.29) is 18.9 Å². The van der Waals surface area contributed by atoms with Crippen LogP contribution in [0.2, 0.25) is 0 Å². The van der Waals surface area contributed by atoms with Gasteiger partial charge in [-0.1, -0.05) is 32.1 Å². The van der Waals surface area contributed by atoms with Crippen LogP contribution < -0.4 is 0 Å². The lowest BCUT2D eigenvalue weighted by atomic mass is 9.82. The van der Waals surface area contributed by atoms with Gasteiger partial charge in [-0.2, -0.15) is 8.42 Å². The Bertz CT molecular complexity index is 425. The molecule has 0 aliphatic heterocycles. The maximum atomic E-state index is 11.4. The van der Waals surface area contributed by atoms with Gasteiger partial charge < -0.3 is 9.53 Å². The van der Waals surface area contributed by atoms with Gasteiger partial charge in [0.15, 0.2) is 0 Å². The molecule has 0 heterocycles. The Labute approximate surface area is 126 Å². The molecule has 0 saturated heterocycles. The Kier molecular flexibility index (Phi) is 7.88. The van der Waals surface area contributed by atoms with Crippen LogP contribution in [0.25, 0.3) is 0 Å². The molecule has 1 aliphatic carbocycles. The van der Waals surface area contributed by atoms with Crippen molar-refractivity contribution in [3.8, 4) is 0 Å². The van der Waals surface area contributed by atoms with Gasteiger partial charge in [0.25, 0.3) is 10.1 Å². The fourth-order valence-electron chi connectivity index (χ4n) is 2.73. The fraction of sp³-hybridized carbons (Fsp3) is 0.857. The van der Waals surface area contributed by atoms with E-state index in [0.29, 0.717) is 12.3 Å². The summed E-state index contributed by atoms with van der Waals surface area (Å²) in [5.74, 6) is -0.696. The van der Waals surface area contributed by atoms with Crippen molar-refractivity contribution in [1.82, 2.24) is 0 Å². The van der Waals surface area contributed by atoms with Crippen LogP contribution in [0.4, 0.5) is 0 Å². The van der Waals surface area contributed by atoms with Crippen LogP contribution in [0.15, 0.2) is 0 Å². The van der Waals surface area contributed by atoms with Gasteiger partial charge >= 0.3 is 5.97 Å². The highest BCUT2D eigenvalue weighted by molar-refractivity contribution is 7.85. The highest BCUT2D eigenvalue weighted by atomic mass is 32.2. The van der Waals surface area contributed by atoms with E-state index in [0.717, 1.165) is 25.5 Å². The van der Waals surface area contributed by atoms with Gasteiger partial charge in [0, 0.05) is 12.3 Å². The number of ether oxygens (including phenoxy) is 1. The molecular weight excluding hydrogens is 296 g/mol. The molecule has 0 amide bonds. The summed E-state index contributed by atoms with van der Waals surface area (Å²) in [4.78, 5) is 22.5. The van der Waals surface area contributed by atoms with Gasteiger partial charge in [-0.25, -0.2) is 0 Å². The molecule has 0 aromatic carbocycles. The molecular formula is C14H24O6S. The zero-order chi connectivity index (χ0) is 15.7. The highest BCUT2D eigenvalue weighted by Gasteiger charge is 2.19. The van der Waals surface area contributed by atoms with E-state index in [2.05, 4.69) is 0 Å². The Morgan fingerprint density at radius 3 is 2.52 bits per heavy atom. The Hall–Kier alpha value is -0.950. The lowest BCUT2D eigenvalue weighted by molar-refractivity contribution is -0.143. The van der Waals surface area contributed by atoms with Crippen LogP contribution in [0.5, 0.6) is 0 Å². The van der Waals surface area contributed by atoms with Crippen LogP contribution in [0.3, 0.4) is 0 Å². The quantitative estimate of drug-likeness (QED) is 0.396. The standard InChI is InChI=1S/C14H24O6S/c15-11-13(10-12-4-2-1-3-5-12)6-7-14(16)20-8-9-21(17,18)19/h11-13H,1-10H2,(H,17,18,19). The van der Waals surface area contributed by atoms with Crippen molar-refractivity contribution in [2.45, 2.75) is 51.4 Å². The predicted molar refractivity (Wildman–Crippen MR) is 77.4 cm³/mol. The summed E-state index contributed by atoms with van der Waals surface area (Å²) in [6, 6.07) is 0. The normalized spacial score (nSPS) is 18.1. The summed E-state index contributed by atoms with van der Waals surface area (Å²) in [6.45, 7) is -0.355. The highest BCUT2D eigenvalue weighted by Crippen LogP contribution is 2.29. The first kappa shape index (κ1) is 18.1. The van der Waals surface area contributed by atoms with E-state index in [1.54, 1.807) is 0 Å². The molecule has 1 rings (SSSR count). The van der Waals surface area contributed by atoms with Gasteiger partial charge in [-0.05, 0) is 18.8 Å². The number of hydrogen-bond acceptors (Lipinski definition) is 5. The topological polar surface area (TPSA) is 97.7 Å². The fourth-order valence-corrected chi connectivity index (χ4v) is 3.02. The predicted octanol–water partition coefficient (Wildman–Crippen LogP) is 1.98. The summed E-state index contributed by atoms with van der Waals surface area (Å²) >= 11 is 0. The zero-order valence-corrected chi connectivity index (χ0v) is 13.0. The van der Waals surface area contributed by atoms with Gasteiger partial charge in [0.05, 0.1) is 0 Å². The average Bonchev–Trinajstić information content (AvgIpc) is 2.43. The van der Waals surface area contributed by atoms with E-state index in [1.807, 2.05) is 0 Å². The molecule has 122 valence electrons. The first-order chi connectivity index (χ1) is 9.90. The smallest absolute Gasteiger partial charge is 0.305 e. The van der Waals surface area contributed by atoms with Gasteiger partial charge in [0.1, 0.15) is 18.6 Å². The summed E-state index contributed by atoms with van der Waals surface area (Å²) in [5, 5.41) is 0. The summed E-state index contributed by atoms with van der Waals surface area (Å²) in [5.41, 5.74) is 0. The number of rotatable bonds is 9. The van der Waals surface area contributed by atoms with E-state index in [1.165, 1.54) is 19.3 Å². The second kappa shape index (κ2) is 9.15. The Balaban J connectivity index is 2.20. The molecule has 0 radical (unpaired) electrons. The minimum Gasteiger partial charge on any atom is -0.464 e. The number of carbonyl (C=O) groups excluding carboxylic acids is 2. The average molecular weight is 320 g/mol. The second-order valence-corrected chi connectivity index (χ2v) is 7.25. The third-order valence-corrected chi connectivity index (χ3v) is 4.56. The molecule has 0 aromatic heterocycles. The maximum Gasteiger partial charge on any atom is 0.305 e. The van der Waals surface area contributed by atoms with Crippen molar-refractivity contribution >= 4 is 22.4 Å². The van der Waals surface area contributed by atoms with Crippen molar-refractivity contribution in [1.29, 1.82) is 0 Å². The van der Waals surface area contributed by atoms with Gasteiger partial charge in [0.2, 0.25) is 0 Å². The third-order valence-electron chi connectivity index (χ3n) is 3.88. The van der Waals surface area contributed by atoms with Crippen LogP contribution in [0, 0.1) is 11.8 Å². The van der Waals surface area contributed by atoms with Gasteiger partial charge in [-0.15, -0.1) is 0 Å². The molecule has 1 aliphatic rings. The molecule has 0 aromatic rings. The third kappa shape index (κ3) is 8.83. The molecule has 1 fully saturated rings. The molecule has 1 saturated carbocycles. The molecule has 0 bridgehead atoms. The van der Waals surface area contributed by atoms with Crippen molar-refractivity contribution in [2.75, 3.05) is 12.4 Å². The lowest BCUT2D eigenvalue weighted by Gasteiger charge is -2.23. The van der Waals surface area contributed by atoms with Crippen molar-refractivity contribution in [3.63, 3.8) is 0 Å². The lowest BCUT2D eigenvalue weighted by Crippen LogP contribution is -2.17. The largest absolute Gasteiger partial charge is 0.464 e.